The van der Waals surface area contributed by atoms with E-state index in [0.717, 1.165) is 5.56 Å². The molecule has 10 nitrogen and oxygen atoms in total. The summed E-state index contributed by atoms with van der Waals surface area (Å²) in [5, 5.41) is 12.5. The second-order valence-corrected chi connectivity index (χ2v) is 7.30. The van der Waals surface area contributed by atoms with E-state index >= 15 is 0 Å². The molecule has 0 spiro atoms. The highest BCUT2D eigenvalue weighted by atomic mass is 16.7. The van der Waals surface area contributed by atoms with E-state index in [1.807, 2.05) is 0 Å². The van der Waals surface area contributed by atoms with Gasteiger partial charge < -0.3 is 29.5 Å². The summed E-state index contributed by atoms with van der Waals surface area (Å²) in [6.45, 7) is 2.43. The Bertz CT molecular complexity index is 922. The first-order valence-electron chi connectivity index (χ1n) is 9.70. The first-order valence-corrected chi connectivity index (χ1v) is 9.70. The maximum Gasteiger partial charge on any atom is 0.407 e. The lowest BCUT2D eigenvalue weighted by atomic mass is 9.82. The number of esters is 2. The summed E-state index contributed by atoms with van der Waals surface area (Å²) in [6, 6.07) is 6.76. The number of alkyl carbamates (subject to hydrolysis) is 1. The van der Waals surface area contributed by atoms with E-state index in [0.29, 0.717) is 17.6 Å². The van der Waals surface area contributed by atoms with Crippen LogP contribution in [0.3, 0.4) is 0 Å². The second-order valence-electron chi connectivity index (χ2n) is 7.30. The maximum absolute atomic E-state index is 12.7. The van der Waals surface area contributed by atoms with Gasteiger partial charge in [-0.05, 0) is 30.0 Å². The quantitative estimate of drug-likeness (QED) is 0.370. The third kappa shape index (κ3) is 4.53. The maximum atomic E-state index is 12.7. The van der Waals surface area contributed by atoms with Crippen molar-refractivity contribution in [1.29, 1.82) is 0 Å². The predicted octanol–water partition coefficient (Wildman–Crippen LogP) is 0.929. The van der Waals surface area contributed by atoms with E-state index < -0.39 is 36.8 Å². The van der Waals surface area contributed by atoms with Crippen LogP contribution in [0.5, 0.6) is 0 Å². The summed E-state index contributed by atoms with van der Waals surface area (Å²) in [5.41, 5.74) is 2.20. The fourth-order valence-electron chi connectivity index (χ4n) is 3.82. The molecule has 2 heterocycles. The van der Waals surface area contributed by atoms with Gasteiger partial charge in [-0.25, -0.2) is 9.59 Å². The molecule has 31 heavy (non-hydrogen) atoms. The van der Waals surface area contributed by atoms with E-state index in [-0.39, 0.29) is 24.2 Å². The molecule has 0 aliphatic carbocycles. The van der Waals surface area contributed by atoms with Crippen LogP contribution in [0.15, 0.2) is 30.0 Å². The van der Waals surface area contributed by atoms with Crippen LogP contribution in [0.1, 0.15) is 31.4 Å². The number of hydrogen-bond acceptors (Lipinski definition) is 8. The molecule has 166 valence electrons. The van der Waals surface area contributed by atoms with Gasteiger partial charge >= 0.3 is 18.0 Å². The molecule has 0 radical (unpaired) electrons. The highest BCUT2D eigenvalue weighted by Crippen LogP contribution is 2.47. The van der Waals surface area contributed by atoms with Crippen molar-refractivity contribution in [2.45, 2.75) is 39.0 Å². The Hall–Kier alpha value is -3.40. The smallest absolute Gasteiger partial charge is 0.407 e. The van der Waals surface area contributed by atoms with Gasteiger partial charge in [0.25, 0.3) is 0 Å². The molecule has 1 saturated heterocycles. The highest BCUT2D eigenvalue weighted by molar-refractivity contribution is 6.06. The van der Waals surface area contributed by atoms with Gasteiger partial charge in [0, 0.05) is 13.5 Å². The lowest BCUT2D eigenvalue weighted by molar-refractivity contribution is -0.170. The minimum atomic E-state index is -0.849. The lowest BCUT2D eigenvalue weighted by Gasteiger charge is -2.44. The molecule has 1 aromatic carbocycles. The van der Waals surface area contributed by atoms with Gasteiger partial charge in [0.15, 0.2) is 0 Å². The third-order valence-corrected chi connectivity index (χ3v) is 5.30. The molecule has 0 saturated carbocycles. The number of fused-ring (bicyclic) bond motifs is 1. The van der Waals surface area contributed by atoms with Crippen molar-refractivity contribution < 1.29 is 38.5 Å². The third-order valence-electron chi connectivity index (χ3n) is 5.30. The van der Waals surface area contributed by atoms with E-state index in [1.54, 1.807) is 31.2 Å². The number of methoxy groups -OCH3 is 1. The summed E-state index contributed by atoms with van der Waals surface area (Å²) in [6.07, 6.45) is -1.02. The predicted molar refractivity (Wildman–Crippen MR) is 106 cm³/mol. The number of β-lactam (4-membered cyclic amide) rings is 1. The van der Waals surface area contributed by atoms with Crippen LogP contribution in [-0.2, 0) is 35.1 Å². The summed E-state index contributed by atoms with van der Waals surface area (Å²) in [4.78, 5) is 48.8. The molecule has 0 bridgehead atoms. The molecule has 10 heteroatoms. The zero-order valence-electron chi connectivity index (χ0n) is 17.4. The van der Waals surface area contributed by atoms with E-state index in [4.69, 9.17) is 4.74 Å². The summed E-state index contributed by atoms with van der Waals surface area (Å²) in [7, 11) is 1.28. The van der Waals surface area contributed by atoms with Crippen molar-refractivity contribution in [3.05, 3.63) is 41.1 Å². The number of amides is 2. The van der Waals surface area contributed by atoms with Gasteiger partial charge in [-0.2, -0.15) is 0 Å². The average Bonchev–Trinajstić information content (AvgIpc) is 3.06. The average molecular weight is 432 g/mol. The summed E-state index contributed by atoms with van der Waals surface area (Å²) >= 11 is 0. The standard InChI is InChI=1S/C21H24N2O8/c1-11(24)17-16-8-15(14-6-4-13(5-7-14)9-22-21(28)29-3)18(23(16)19(17)26)20(27)31-10-30-12(2)25/h4-7,11,16-17,24H,8-10H2,1-3H3,(H,22,28)/t11-,16-,17-/m1/s1. The topological polar surface area (TPSA) is 131 Å². The molecular formula is C21H24N2O8. The summed E-state index contributed by atoms with van der Waals surface area (Å²) < 4.78 is 14.2. The molecule has 3 atom stereocenters. The Morgan fingerprint density at radius 2 is 1.90 bits per heavy atom. The molecule has 1 aromatic rings. The molecular weight excluding hydrogens is 408 g/mol. The Balaban J connectivity index is 1.84. The van der Waals surface area contributed by atoms with Gasteiger partial charge in [0.05, 0.1) is 25.2 Å². The number of aliphatic hydroxyl groups excluding tert-OH is 1. The largest absolute Gasteiger partial charge is 0.453 e. The number of nitrogens with one attached hydrogen (secondary N) is 1. The van der Waals surface area contributed by atoms with Crippen LogP contribution < -0.4 is 5.32 Å². The van der Waals surface area contributed by atoms with Crippen LogP contribution in [0.2, 0.25) is 0 Å². The van der Waals surface area contributed by atoms with Gasteiger partial charge in [0.2, 0.25) is 12.7 Å². The number of benzene rings is 1. The minimum Gasteiger partial charge on any atom is -0.453 e. The van der Waals surface area contributed by atoms with Crippen LogP contribution in [0.25, 0.3) is 5.57 Å². The van der Waals surface area contributed by atoms with Crippen LogP contribution in [0.4, 0.5) is 4.79 Å². The van der Waals surface area contributed by atoms with Gasteiger partial charge in [-0.15, -0.1) is 0 Å². The Kier molecular flexibility index (Phi) is 6.59. The fourth-order valence-corrected chi connectivity index (χ4v) is 3.82. The molecule has 2 aliphatic rings. The second kappa shape index (κ2) is 9.17. The Labute approximate surface area is 178 Å². The van der Waals surface area contributed by atoms with E-state index in [2.05, 4.69) is 14.8 Å². The van der Waals surface area contributed by atoms with E-state index in [9.17, 15) is 24.3 Å². The Morgan fingerprint density at radius 1 is 1.23 bits per heavy atom. The molecule has 0 unspecified atom stereocenters. The van der Waals surface area contributed by atoms with Crippen molar-refractivity contribution in [2.24, 2.45) is 5.92 Å². The zero-order valence-corrected chi connectivity index (χ0v) is 17.4. The molecule has 2 aliphatic heterocycles. The van der Waals surface area contributed by atoms with Crippen LogP contribution in [-0.4, -0.2) is 60.0 Å². The van der Waals surface area contributed by atoms with Crippen LogP contribution in [0, 0.1) is 5.92 Å². The fraction of sp³-hybridized carbons (Fsp3) is 0.429. The van der Waals surface area contributed by atoms with Crippen molar-refractivity contribution >= 4 is 29.5 Å². The molecule has 1 fully saturated rings. The van der Waals surface area contributed by atoms with Crippen molar-refractivity contribution in [3.8, 4) is 0 Å². The van der Waals surface area contributed by atoms with Gasteiger partial charge in [-0.3, -0.25) is 9.59 Å². The summed E-state index contributed by atoms with van der Waals surface area (Å²) in [5.74, 6) is -2.34. The van der Waals surface area contributed by atoms with Gasteiger partial charge in [0.1, 0.15) is 5.70 Å². The van der Waals surface area contributed by atoms with Gasteiger partial charge in [-0.1, -0.05) is 24.3 Å². The normalized spacial score (nSPS) is 20.5. The molecule has 2 N–H and O–H groups in total. The number of ether oxygens (including phenoxy) is 3. The van der Waals surface area contributed by atoms with Crippen molar-refractivity contribution in [2.75, 3.05) is 13.9 Å². The number of nitrogens with zero attached hydrogens (tertiary/aromatic N) is 1. The number of carbonyl (C=O) groups excluding carboxylic acids is 4. The monoisotopic (exact) mass is 432 g/mol. The van der Waals surface area contributed by atoms with Crippen molar-refractivity contribution in [3.63, 3.8) is 0 Å². The molecule has 2 amide bonds. The number of carbonyl (C=O) groups is 4. The molecule has 3 rings (SSSR count). The Morgan fingerprint density at radius 3 is 2.48 bits per heavy atom. The number of hydrogen-bond donors (Lipinski definition) is 2. The van der Waals surface area contributed by atoms with Crippen LogP contribution >= 0.6 is 0 Å². The number of rotatable bonds is 7. The first-order chi connectivity index (χ1) is 14.7. The zero-order chi connectivity index (χ0) is 22.7. The van der Waals surface area contributed by atoms with E-state index in [1.165, 1.54) is 18.9 Å². The van der Waals surface area contributed by atoms with Crippen molar-refractivity contribution in [1.82, 2.24) is 10.2 Å². The highest BCUT2D eigenvalue weighted by Gasteiger charge is 2.57. The first kappa shape index (κ1) is 22.3. The SMILES string of the molecule is COC(=O)NCc1ccc(C2=C(C(=O)OCOC(C)=O)N3C(=O)[C@H]([C@@H](C)O)[C@H]3C2)cc1. The lowest BCUT2D eigenvalue weighted by Crippen LogP contribution is -2.61. The minimum absolute atomic E-state index is 0.0829. The number of aliphatic hydroxyl groups is 1. The molecule has 0 aromatic heterocycles.